The van der Waals surface area contributed by atoms with E-state index in [-0.39, 0.29) is 17.7 Å². The van der Waals surface area contributed by atoms with Crippen molar-refractivity contribution in [2.75, 3.05) is 26.7 Å². The summed E-state index contributed by atoms with van der Waals surface area (Å²) in [5.74, 6) is 0.0451. The summed E-state index contributed by atoms with van der Waals surface area (Å²) in [5, 5.41) is 0. The number of piperidine rings is 1. The Morgan fingerprint density at radius 1 is 1.04 bits per heavy atom. The summed E-state index contributed by atoms with van der Waals surface area (Å²) in [6.45, 7) is 4.57. The molecular weight excluding hydrogens is 336 g/mol. The zero-order valence-electron chi connectivity index (χ0n) is 16.2. The van der Waals surface area contributed by atoms with Crippen LogP contribution in [0.25, 0.3) is 0 Å². The van der Waals surface area contributed by atoms with Crippen LogP contribution < -0.4 is 0 Å². The van der Waals surface area contributed by atoms with E-state index in [9.17, 15) is 9.59 Å². The Hall–Kier alpha value is -2.46. The number of carbonyl (C=O) groups is 2. The highest BCUT2D eigenvalue weighted by molar-refractivity contribution is 5.97. The molecule has 1 saturated heterocycles. The van der Waals surface area contributed by atoms with Crippen molar-refractivity contribution in [1.82, 2.24) is 9.80 Å². The highest BCUT2D eigenvalue weighted by Crippen LogP contribution is 2.18. The minimum Gasteiger partial charge on any atom is -0.337 e. The molecule has 1 amide bonds. The van der Waals surface area contributed by atoms with Crippen molar-refractivity contribution < 1.29 is 9.59 Å². The summed E-state index contributed by atoms with van der Waals surface area (Å²) in [6.07, 6.45) is 3.19. The summed E-state index contributed by atoms with van der Waals surface area (Å²) in [6, 6.07) is 17.8. The van der Waals surface area contributed by atoms with Gasteiger partial charge in [0, 0.05) is 37.3 Å². The van der Waals surface area contributed by atoms with Crippen LogP contribution in [0, 0.1) is 0 Å². The van der Waals surface area contributed by atoms with Crippen LogP contribution >= 0.6 is 0 Å². The molecular formula is C23H28N2O2. The highest BCUT2D eigenvalue weighted by Gasteiger charge is 2.26. The number of hydrogen-bond acceptors (Lipinski definition) is 3. The van der Waals surface area contributed by atoms with E-state index < -0.39 is 0 Å². The zero-order valence-corrected chi connectivity index (χ0v) is 16.2. The van der Waals surface area contributed by atoms with E-state index in [1.54, 1.807) is 24.3 Å². The fourth-order valence-corrected chi connectivity index (χ4v) is 3.70. The van der Waals surface area contributed by atoms with Crippen molar-refractivity contribution in [2.45, 2.75) is 32.2 Å². The predicted octanol–water partition coefficient (Wildman–Crippen LogP) is 3.67. The molecule has 142 valence electrons. The van der Waals surface area contributed by atoms with E-state index >= 15 is 0 Å². The lowest BCUT2D eigenvalue weighted by Crippen LogP contribution is -2.49. The first-order valence-electron chi connectivity index (χ1n) is 9.69. The SMILES string of the molecule is CC(=O)c1ccc(C(=O)N(C)[C@H]2CCCN(CCc3ccccc3)C2)cc1. The summed E-state index contributed by atoms with van der Waals surface area (Å²) >= 11 is 0. The predicted molar refractivity (Wildman–Crippen MR) is 108 cm³/mol. The standard InChI is InChI=1S/C23H28N2O2/c1-18(26)20-10-12-21(13-11-20)23(27)24(2)22-9-6-15-25(17-22)16-14-19-7-4-3-5-8-19/h3-5,7-8,10-13,22H,6,9,14-17H2,1-2H3/t22-/m0/s1. The Morgan fingerprint density at radius 2 is 1.70 bits per heavy atom. The number of amides is 1. The van der Waals surface area contributed by atoms with Crippen molar-refractivity contribution >= 4 is 11.7 Å². The Bertz CT molecular complexity index is 771. The Kier molecular flexibility index (Phi) is 6.40. The van der Waals surface area contributed by atoms with Crippen molar-refractivity contribution in [3.8, 4) is 0 Å². The van der Waals surface area contributed by atoms with Crippen molar-refractivity contribution in [3.63, 3.8) is 0 Å². The third-order valence-corrected chi connectivity index (χ3v) is 5.45. The topological polar surface area (TPSA) is 40.6 Å². The molecule has 0 unspecified atom stereocenters. The van der Waals surface area contributed by atoms with Crippen molar-refractivity contribution in [2.24, 2.45) is 0 Å². The van der Waals surface area contributed by atoms with Crippen LogP contribution in [0.3, 0.4) is 0 Å². The molecule has 0 saturated carbocycles. The van der Waals surface area contributed by atoms with Gasteiger partial charge in [-0.05, 0) is 50.4 Å². The number of likely N-dealkylation sites (N-methyl/N-ethyl adjacent to an activating group) is 1. The molecule has 4 heteroatoms. The largest absolute Gasteiger partial charge is 0.337 e. The van der Waals surface area contributed by atoms with Crippen LogP contribution in [0.4, 0.5) is 0 Å². The zero-order chi connectivity index (χ0) is 19.2. The van der Waals surface area contributed by atoms with E-state index in [4.69, 9.17) is 0 Å². The first-order chi connectivity index (χ1) is 13.0. The molecule has 1 atom stereocenters. The molecule has 1 heterocycles. The van der Waals surface area contributed by atoms with E-state index in [1.165, 1.54) is 12.5 Å². The highest BCUT2D eigenvalue weighted by atomic mass is 16.2. The molecule has 0 aromatic heterocycles. The van der Waals surface area contributed by atoms with Gasteiger partial charge in [-0.25, -0.2) is 0 Å². The summed E-state index contributed by atoms with van der Waals surface area (Å²) in [7, 11) is 1.90. The van der Waals surface area contributed by atoms with Gasteiger partial charge in [-0.2, -0.15) is 0 Å². The first-order valence-corrected chi connectivity index (χ1v) is 9.69. The number of ketones is 1. The molecule has 0 aliphatic carbocycles. The number of benzene rings is 2. The number of rotatable bonds is 6. The lowest BCUT2D eigenvalue weighted by Gasteiger charge is -2.37. The monoisotopic (exact) mass is 364 g/mol. The summed E-state index contributed by atoms with van der Waals surface area (Å²) < 4.78 is 0. The minimum atomic E-state index is 0.0173. The van der Waals surface area contributed by atoms with Gasteiger partial charge in [-0.3, -0.25) is 9.59 Å². The van der Waals surface area contributed by atoms with Gasteiger partial charge in [0.05, 0.1) is 0 Å². The Labute approximate surface area is 161 Å². The third-order valence-electron chi connectivity index (χ3n) is 5.45. The second-order valence-electron chi connectivity index (χ2n) is 7.38. The normalized spacial score (nSPS) is 17.5. The number of nitrogens with zero attached hydrogens (tertiary/aromatic N) is 2. The quantitative estimate of drug-likeness (QED) is 0.735. The number of carbonyl (C=O) groups excluding carboxylic acids is 2. The number of hydrogen-bond donors (Lipinski definition) is 0. The van der Waals surface area contributed by atoms with Crippen molar-refractivity contribution in [3.05, 3.63) is 71.3 Å². The van der Waals surface area contributed by atoms with Gasteiger partial charge in [0.2, 0.25) is 0 Å². The molecule has 2 aromatic rings. The number of likely N-dealkylation sites (tertiary alicyclic amines) is 1. The molecule has 27 heavy (non-hydrogen) atoms. The molecule has 3 rings (SSSR count). The van der Waals surface area contributed by atoms with Gasteiger partial charge in [0.25, 0.3) is 5.91 Å². The van der Waals surface area contributed by atoms with E-state index in [1.807, 2.05) is 18.0 Å². The van der Waals surface area contributed by atoms with Gasteiger partial charge >= 0.3 is 0 Å². The van der Waals surface area contributed by atoms with Gasteiger partial charge in [0.1, 0.15) is 0 Å². The molecule has 1 aliphatic rings. The lowest BCUT2D eigenvalue weighted by molar-refractivity contribution is 0.0619. The maximum atomic E-state index is 12.8. The van der Waals surface area contributed by atoms with Crippen LogP contribution in [0.5, 0.6) is 0 Å². The fourth-order valence-electron chi connectivity index (χ4n) is 3.70. The maximum absolute atomic E-state index is 12.8. The Balaban J connectivity index is 1.57. The second-order valence-corrected chi connectivity index (χ2v) is 7.38. The van der Waals surface area contributed by atoms with Gasteiger partial charge in [0.15, 0.2) is 5.78 Å². The average Bonchev–Trinajstić information content (AvgIpc) is 2.72. The maximum Gasteiger partial charge on any atom is 0.253 e. The van der Waals surface area contributed by atoms with Crippen LogP contribution in [0.15, 0.2) is 54.6 Å². The first kappa shape index (κ1) is 19.3. The second kappa shape index (κ2) is 8.96. The van der Waals surface area contributed by atoms with E-state index in [0.29, 0.717) is 11.1 Å². The van der Waals surface area contributed by atoms with Crippen LogP contribution in [0.2, 0.25) is 0 Å². The minimum absolute atomic E-state index is 0.0173. The molecule has 0 radical (unpaired) electrons. The fraction of sp³-hybridized carbons (Fsp3) is 0.391. The smallest absolute Gasteiger partial charge is 0.253 e. The molecule has 4 nitrogen and oxygen atoms in total. The van der Waals surface area contributed by atoms with Crippen LogP contribution in [0.1, 0.15) is 46.0 Å². The average molecular weight is 364 g/mol. The summed E-state index contributed by atoms with van der Waals surface area (Å²) in [5.41, 5.74) is 2.64. The molecule has 0 N–H and O–H groups in total. The third kappa shape index (κ3) is 5.04. The van der Waals surface area contributed by atoms with E-state index in [2.05, 4.69) is 29.2 Å². The van der Waals surface area contributed by atoms with Crippen LogP contribution in [-0.4, -0.2) is 54.2 Å². The number of Topliss-reactive ketones (excluding diaryl/α,β-unsaturated/α-hetero) is 1. The van der Waals surface area contributed by atoms with Gasteiger partial charge in [-0.15, -0.1) is 0 Å². The molecule has 2 aromatic carbocycles. The summed E-state index contributed by atoms with van der Waals surface area (Å²) in [4.78, 5) is 28.6. The molecule has 1 aliphatic heterocycles. The van der Waals surface area contributed by atoms with E-state index in [0.717, 1.165) is 38.9 Å². The van der Waals surface area contributed by atoms with Gasteiger partial charge in [-0.1, -0.05) is 42.5 Å². The molecule has 0 bridgehead atoms. The molecule has 0 spiro atoms. The lowest BCUT2D eigenvalue weighted by atomic mass is 10.0. The van der Waals surface area contributed by atoms with Crippen molar-refractivity contribution in [1.29, 1.82) is 0 Å². The van der Waals surface area contributed by atoms with Crippen LogP contribution in [-0.2, 0) is 6.42 Å². The Morgan fingerprint density at radius 3 is 2.37 bits per heavy atom. The van der Waals surface area contributed by atoms with Gasteiger partial charge < -0.3 is 9.80 Å². The molecule has 1 fully saturated rings.